The van der Waals surface area contributed by atoms with Crippen molar-refractivity contribution < 1.29 is 0 Å². The highest BCUT2D eigenvalue weighted by atomic mass is 15.3. The molecule has 0 amide bonds. The first-order valence-electron chi connectivity index (χ1n) is 4.92. The van der Waals surface area contributed by atoms with Crippen LogP contribution in [0.5, 0.6) is 0 Å². The second-order valence-electron chi connectivity index (χ2n) is 3.52. The van der Waals surface area contributed by atoms with Crippen LogP contribution in [0.3, 0.4) is 0 Å². The van der Waals surface area contributed by atoms with Gasteiger partial charge in [-0.1, -0.05) is 0 Å². The Morgan fingerprint density at radius 3 is 3.00 bits per heavy atom. The Labute approximate surface area is 88.7 Å². The summed E-state index contributed by atoms with van der Waals surface area (Å²) in [7, 11) is 3.90. The van der Waals surface area contributed by atoms with E-state index in [9.17, 15) is 0 Å². The molecule has 0 radical (unpaired) electrons. The lowest BCUT2D eigenvalue weighted by molar-refractivity contribution is 0.649. The number of hydrogen-bond donors (Lipinski definition) is 1. The van der Waals surface area contributed by atoms with Crippen LogP contribution in [0.25, 0.3) is 0 Å². The molecule has 0 aliphatic heterocycles. The highest BCUT2D eigenvalue weighted by Crippen LogP contribution is 2.05. The maximum atomic E-state index is 4.06. The first-order valence-corrected chi connectivity index (χ1v) is 4.92. The summed E-state index contributed by atoms with van der Waals surface area (Å²) in [6, 6.07) is 4.15. The van der Waals surface area contributed by atoms with Gasteiger partial charge in [0.25, 0.3) is 0 Å². The third-order valence-electron chi connectivity index (χ3n) is 2.40. The zero-order valence-electron chi connectivity index (χ0n) is 9.01. The second kappa shape index (κ2) is 4.27. The molecule has 0 fully saturated rings. The van der Waals surface area contributed by atoms with E-state index in [0.717, 1.165) is 18.9 Å². The van der Waals surface area contributed by atoms with E-state index in [4.69, 9.17) is 0 Å². The lowest BCUT2D eigenvalue weighted by atomic mass is 10.4. The van der Waals surface area contributed by atoms with E-state index in [1.807, 2.05) is 24.7 Å². The van der Waals surface area contributed by atoms with Gasteiger partial charge in [-0.15, -0.1) is 10.2 Å². The fourth-order valence-electron chi connectivity index (χ4n) is 1.55. The van der Waals surface area contributed by atoms with Crippen LogP contribution < -0.4 is 5.32 Å². The Morgan fingerprint density at radius 1 is 1.47 bits per heavy atom. The van der Waals surface area contributed by atoms with Gasteiger partial charge in [0.2, 0.25) is 0 Å². The number of aryl methyl sites for hydroxylation is 1. The minimum Gasteiger partial charge on any atom is -0.343 e. The number of nitrogens with zero attached hydrogens (tertiary/aromatic N) is 4. The SMILES string of the molecule is CNCc1cccn1Cc1nncn1C. The fourth-order valence-corrected chi connectivity index (χ4v) is 1.55. The van der Waals surface area contributed by atoms with E-state index in [2.05, 4.69) is 32.3 Å². The molecule has 0 atom stereocenters. The normalized spacial score (nSPS) is 10.8. The molecule has 5 nitrogen and oxygen atoms in total. The lowest BCUT2D eigenvalue weighted by Crippen LogP contribution is -2.13. The van der Waals surface area contributed by atoms with Crippen LogP contribution in [-0.4, -0.2) is 26.4 Å². The van der Waals surface area contributed by atoms with Gasteiger partial charge < -0.3 is 14.5 Å². The standard InChI is InChI=1S/C10H15N5/c1-11-6-9-4-3-5-15(9)7-10-13-12-8-14(10)2/h3-5,8,11H,6-7H2,1-2H3. The van der Waals surface area contributed by atoms with E-state index in [-0.39, 0.29) is 0 Å². The summed E-state index contributed by atoms with van der Waals surface area (Å²) in [6.07, 6.45) is 3.78. The highest BCUT2D eigenvalue weighted by molar-refractivity contribution is 5.08. The van der Waals surface area contributed by atoms with Crippen molar-refractivity contribution in [3.05, 3.63) is 36.2 Å². The molecule has 0 aliphatic rings. The molecule has 0 bridgehead atoms. The molecule has 1 N–H and O–H groups in total. The van der Waals surface area contributed by atoms with Crippen LogP contribution in [0.4, 0.5) is 0 Å². The van der Waals surface area contributed by atoms with Crippen LogP contribution in [0, 0.1) is 0 Å². The number of aromatic nitrogens is 4. The average molecular weight is 205 g/mol. The Morgan fingerprint density at radius 2 is 2.33 bits per heavy atom. The van der Waals surface area contributed by atoms with E-state index in [1.54, 1.807) is 6.33 Å². The second-order valence-corrected chi connectivity index (χ2v) is 3.52. The highest BCUT2D eigenvalue weighted by Gasteiger charge is 2.04. The van der Waals surface area contributed by atoms with Crippen molar-refractivity contribution in [1.29, 1.82) is 0 Å². The Bertz CT molecular complexity index is 428. The maximum absolute atomic E-state index is 4.06. The quantitative estimate of drug-likeness (QED) is 0.785. The molecule has 0 spiro atoms. The minimum absolute atomic E-state index is 0.764. The van der Waals surface area contributed by atoms with Crippen LogP contribution in [0.2, 0.25) is 0 Å². The van der Waals surface area contributed by atoms with Crippen LogP contribution >= 0.6 is 0 Å². The van der Waals surface area contributed by atoms with E-state index in [1.165, 1.54) is 5.69 Å². The monoisotopic (exact) mass is 205 g/mol. The molecular weight excluding hydrogens is 190 g/mol. The molecule has 0 unspecified atom stereocenters. The molecule has 5 heteroatoms. The fraction of sp³-hybridized carbons (Fsp3) is 0.400. The number of hydrogen-bond acceptors (Lipinski definition) is 3. The molecule has 2 aromatic heterocycles. The minimum atomic E-state index is 0.764. The van der Waals surface area contributed by atoms with E-state index >= 15 is 0 Å². The molecule has 2 rings (SSSR count). The van der Waals surface area contributed by atoms with Gasteiger partial charge in [-0.25, -0.2) is 0 Å². The largest absolute Gasteiger partial charge is 0.343 e. The summed E-state index contributed by atoms with van der Waals surface area (Å²) in [5.41, 5.74) is 1.25. The topological polar surface area (TPSA) is 47.7 Å². The van der Waals surface area contributed by atoms with Gasteiger partial charge in [-0.3, -0.25) is 0 Å². The summed E-state index contributed by atoms with van der Waals surface area (Å²) in [6.45, 7) is 1.63. The lowest BCUT2D eigenvalue weighted by Gasteiger charge is -2.07. The molecule has 2 aromatic rings. The first-order chi connectivity index (χ1) is 7.31. The van der Waals surface area contributed by atoms with Crippen molar-refractivity contribution in [3.8, 4) is 0 Å². The Hall–Kier alpha value is -1.62. The van der Waals surface area contributed by atoms with Crippen molar-refractivity contribution in [2.75, 3.05) is 7.05 Å². The summed E-state index contributed by atoms with van der Waals surface area (Å²) < 4.78 is 4.10. The zero-order valence-corrected chi connectivity index (χ0v) is 9.01. The van der Waals surface area contributed by atoms with Crippen molar-refractivity contribution >= 4 is 0 Å². The maximum Gasteiger partial charge on any atom is 0.152 e. The van der Waals surface area contributed by atoms with Gasteiger partial charge in [0.05, 0.1) is 6.54 Å². The van der Waals surface area contributed by atoms with Gasteiger partial charge in [0.15, 0.2) is 5.82 Å². The van der Waals surface area contributed by atoms with E-state index < -0.39 is 0 Å². The van der Waals surface area contributed by atoms with Crippen molar-refractivity contribution in [2.24, 2.45) is 7.05 Å². The average Bonchev–Trinajstić information content (AvgIpc) is 2.80. The van der Waals surface area contributed by atoms with E-state index in [0.29, 0.717) is 0 Å². The van der Waals surface area contributed by atoms with Gasteiger partial charge in [0.1, 0.15) is 6.33 Å². The third kappa shape index (κ3) is 2.07. The molecule has 0 saturated carbocycles. The molecule has 0 saturated heterocycles. The predicted octanol–water partition coefficient (Wildman–Crippen LogP) is 0.384. The molecule has 2 heterocycles. The van der Waals surface area contributed by atoms with Crippen LogP contribution in [0.15, 0.2) is 24.7 Å². The van der Waals surface area contributed by atoms with Crippen molar-refractivity contribution in [2.45, 2.75) is 13.1 Å². The van der Waals surface area contributed by atoms with Crippen LogP contribution in [0.1, 0.15) is 11.5 Å². The number of nitrogens with one attached hydrogen (secondary N) is 1. The van der Waals surface area contributed by atoms with Gasteiger partial charge >= 0.3 is 0 Å². The Kier molecular flexibility index (Phi) is 2.82. The molecule has 0 aromatic carbocycles. The van der Waals surface area contributed by atoms with Gasteiger partial charge in [0, 0.05) is 25.5 Å². The third-order valence-corrected chi connectivity index (χ3v) is 2.40. The smallest absolute Gasteiger partial charge is 0.152 e. The predicted molar refractivity (Wildman–Crippen MR) is 57.3 cm³/mol. The summed E-state index contributed by atoms with van der Waals surface area (Å²) in [5.74, 6) is 0.962. The van der Waals surface area contributed by atoms with Crippen LogP contribution in [-0.2, 0) is 20.1 Å². The molecular formula is C10H15N5. The summed E-state index contributed by atoms with van der Waals surface area (Å²) in [4.78, 5) is 0. The molecule has 80 valence electrons. The van der Waals surface area contributed by atoms with Crippen molar-refractivity contribution in [1.82, 2.24) is 24.6 Å². The number of rotatable bonds is 4. The van der Waals surface area contributed by atoms with Gasteiger partial charge in [-0.05, 0) is 19.2 Å². The van der Waals surface area contributed by atoms with Gasteiger partial charge in [-0.2, -0.15) is 0 Å². The Balaban J connectivity index is 2.17. The molecule has 15 heavy (non-hydrogen) atoms. The first kappa shape index (κ1) is 9.92. The zero-order chi connectivity index (χ0) is 10.7. The van der Waals surface area contributed by atoms with Crippen molar-refractivity contribution in [3.63, 3.8) is 0 Å². The summed E-state index contributed by atoms with van der Waals surface area (Å²) >= 11 is 0. The molecule has 0 aliphatic carbocycles. The summed E-state index contributed by atoms with van der Waals surface area (Å²) in [5, 5.41) is 11.1.